The molecule has 0 bridgehead atoms. The van der Waals surface area contributed by atoms with Gasteiger partial charge in [-0.25, -0.2) is 0 Å². The average molecular weight is 369 g/mol. The Balaban J connectivity index is 1.41. The molecule has 0 aliphatic heterocycles. The average Bonchev–Trinajstić information content (AvgIpc) is 2.63. The zero-order valence-corrected chi connectivity index (χ0v) is 16.8. The Hall–Kier alpha value is -0.440. The molecule has 0 atom stereocenters. The molecule has 3 heteroatoms. The Bertz CT molecular complexity index is 437. The van der Waals surface area contributed by atoms with Gasteiger partial charge in [0.25, 0.3) is 0 Å². The second-order valence-corrected chi connectivity index (χ2v) is 9.58. The van der Waals surface area contributed by atoms with Gasteiger partial charge < -0.3 is 4.74 Å². The van der Waals surface area contributed by atoms with E-state index in [2.05, 4.69) is 26.0 Å². The highest BCUT2D eigenvalue weighted by atomic mass is 19.3. The molecule has 0 aromatic heterocycles. The predicted octanol–water partition coefficient (Wildman–Crippen LogP) is 7.36. The lowest BCUT2D eigenvalue weighted by Crippen LogP contribution is -2.38. The minimum absolute atomic E-state index is 0.229. The lowest BCUT2D eigenvalue weighted by atomic mass is 9.79. The van der Waals surface area contributed by atoms with E-state index in [0.29, 0.717) is 24.7 Å². The number of allylic oxidation sites excluding steroid dienone is 2. The molecule has 0 spiro atoms. The molecule has 26 heavy (non-hydrogen) atoms. The van der Waals surface area contributed by atoms with Crippen LogP contribution in [0, 0.1) is 29.6 Å². The molecule has 3 aliphatic carbocycles. The van der Waals surface area contributed by atoms with E-state index in [1.807, 2.05) is 0 Å². The summed E-state index contributed by atoms with van der Waals surface area (Å²) in [6.07, 6.45) is 13.5. The molecular formula is C23H38F2O. The van der Waals surface area contributed by atoms with E-state index < -0.39 is 12.0 Å². The SMILES string of the molecule is CC1CCC(/C=C/C2CCC(C(F)(F)OC3CCC(C)CC3)CC2)CC1. The Kier molecular flexibility index (Phi) is 7.16. The van der Waals surface area contributed by atoms with Gasteiger partial charge in [0.15, 0.2) is 0 Å². The molecule has 0 N–H and O–H groups in total. The lowest BCUT2D eigenvalue weighted by Gasteiger charge is -2.36. The molecule has 0 saturated heterocycles. The number of hydrogen-bond donors (Lipinski definition) is 0. The first-order valence-electron chi connectivity index (χ1n) is 11.2. The molecule has 0 amide bonds. The van der Waals surface area contributed by atoms with Crippen LogP contribution in [-0.4, -0.2) is 12.2 Å². The topological polar surface area (TPSA) is 9.23 Å². The summed E-state index contributed by atoms with van der Waals surface area (Å²) < 4.78 is 34.5. The van der Waals surface area contributed by atoms with Gasteiger partial charge in [0.1, 0.15) is 0 Å². The smallest absolute Gasteiger partial charge is 0.317 e. The fourth-order valence-corrected chi connectivity index (χ4v) is 5.11. The van der Waals surface area contributed by atoms with Crippen LogP contribution in [0.4, 0.5) is 8.78 Å². The second-order valence-electron chi connectivity index (χ2n) is 9.58. The summed E-state index contributed by atoms with van der Waals surface area (Å²) in [5, 5.41) is 0. The summed E-state index contributed by atoms with van der Waals surface area (Å²) in [7, 11) is 0. The monoisotopic (exact) mass is 368 g/mol. The Morgan fingerprint density at radius 2 is 1.08 bits per heavy atom. The van der Waals surface area contributed by atoms with Crippen LogP contribution in [0.25, 0.3) is 0 Å². The lowest BCUT2D eigenvalue weighted by molar-refractivity contribution is -0.301. The quantitative estimate of drug-likeness (QED) is 0.460. The van der Waals surface area contributed by atoms with Crippen molar-refractivity contribution in [3.8, 4) is 0 Å². The summed E-state index contributed by atoms with van der Waals surface area (Å²) >= 11 is 0. The van der Waals surface area contributed by atoms with Crippen molar-refractivity contribution in [3.63, 3.8) is 0 Å². The highest BCUT2D eigenvalue weighted by molar-refractivity contribution is 4.96. The summed E-state index contributed by atoms with van der Waals surface area (Å²) in [5.41, 5.74) is 0. The molecule has 0 aromatic carbocycles. The molecule has 0 radical (unpaired) electrons. The maximum absolute atomic E-state index is 14.6. The Morgan fingerprint density at radius 3 is 1.58 bits per heavy atom. The van der Waals surface area contributed by atoms with E-state index in [9.17, 15) is 8.78 Å². The molecule has 3 aliphatic rings. The maximum Gasteiger partial charge on any atom is 0.358 e. The fraction of sp³-hybridized carbons (Fsp3) is 0.913. The van der Waals surface area contributed by atoms with Crippen molar-refractivity contribution >= 4 is 0 Å². The van der Waals surface area contributed by atoms with Crippen LogP contribution in [0.2, 0.25) is 0 Å². The number of rotatable bonds is 5. The molecule has 0 unspecified atom stereocenters. The maximum atomic E-state index is 14.6. The van der Waals surface area contributed by atoms with Crippen LogP contribution >= 0.6 is 0 Å². The van der Waals surface area contributed by atoms with Crippen LogP contribution in [0.5, 0.6) is 0 Å². The van der Waals surface area contributed by atoms with Crippen LogP contribution < -0.4 is 0 Å². The van der Waals surface area contributed by atoms with Crippen molar-refractivity contribution in [2.75, 3.05) is 0 Å². The summed E-state index contributed by atoms with van der Waals surface area (Å²) in [4.78, 5) is 0. The minimum Gasteiger partial charge on any atom is -0.317 e. The fourth-order valence-electron chi connectivity index (χ4n) is 5.11. The van der Waals surface area contributed by atoms with Crippen LogP contribution in [0.15, 0.2) is 12.2 Å². The molecule has 3 fully saturated rings. The zero-order chi connectivity index (χ0) is 18.6. The predicted molar refractivity (Wildman–Crippen MR) is 103 cm³/mol. The summed E-state index contributed by atoms with van der Waals surface area (Å²) in [6.45, 7) is 4.55. The van der Waals surface area contributed by atoms with Crippen molar-refractivity contribution in [1.82, 2.24) is 0 Å². The third-order valence-corrected chi connectivity index (χ3v) is 7.25. The van der Waals surface area contributed by atoms with Crippen molar-refractivity contribution in [1.29, 1.82) is 0 Å². The highest BCUT2D eigenvalue weighted by Gasteiger charge is 2.44. The van der Waals surface area contributed by atoms with Gasteiger partial charge in [0, 0.05) is 0 Å². The summed E-state index contributed by atoms with van der Waals surface area (Å²) in [6, 6.07) is 0. The van der Waals surface area contributed by atoms with Crippen molar-refractivity contribution in [3.05, 3.63) is 12.2 Å². The van der Waals surface area contributed by atoms with Gasteiger partial charge in [-0.2, -0.15) is 8.78 Å². The Labute approximate surface area is 159 Å². The standard InChI is InChI=1S/C23H38F2O/c1-17-3-7-19(8-4-17)9-10-20-11-13-21(14-12-20)23(24,25)26-22-15-5-18(2)6-16-22/h9-10,17-22H,3-8,11-16H2,1-2H3/b10-9+. The van der Waals surface area contributed by atoms with E-state index in [-0.39, 0.29) is 6.10 Å². The van der Waals surface area contributed by atoms with Gasteiger partial charge in [-0.15, -0.1) is 0 Å². The largest absolute Gasteiger partial charge is 0.358 e. The Morgan fingerprint density at radius 1 is 0.654 bits per heavy atom. The number of alkyl halides is 2. The van der Waals surface area contributed by atoms with Crippen molar-refractivity contribution in [2.24, 2.45) is 29.6 Å². The molecule has 0 heterocycles. The van der Waals surface area contributed by atoms with E-state index in [4.69, 9.17) is 4.74 Å². The van der Waals surface area contributed by atoms with Crippen LogP contribution in [-0.2, 0) is 4.74 Å². The van der Waals surface area contributed by atoms with Crippen molar-refractivity contribution < 1.29 is 13.5 Å². The first-order chi connectivity index (χ1) is 12.4. The number of halogens is 2. The van der Waals surface area contributed by atoms with Gasteiger partial charge in [0.05, 0.1) is 12.0 Å². The molecule has 3 saturated carbocycles. The molecular weight excluding hydrogens is 330 g/mol. The van der Waals surface area contributed by atoms with E-state index in [1.54, 1.807) is 0 Å². The third kappa shape index (κ3) is 5.78. The zero-order valence-electron chi connectivity index (χ0n) is 16.8. The first kappa shape index (κ1) is 20.3. The number of ether oxygens (including phenoxy) is 1. The van der Waals surface area contributed by atoms with Crippen molar-refractivity contribution in [2.45, 2.75) is 103 Å². The highest BCUT2D eigenvalue weighted by Crippen LogP contribution is 2.42. The molecule has 1 nitrogen and oxygen atoms in total. The van der Waals surface area contributed by atoms with Gasteiger partial charge in [-0.1, -0.05) is 38.8 Å². The normalized spacial score (nSPS) is 40.0. The number of hydrogen-bond acceptors (Lipinski definition) is 1. The van der Waals surface area contributed by atoms with Gasteiger partial charge in [-0.05, 0) is 87.9 Å². The van der Waals surface area contributed by atoms with Gasteiger partial charge in [-0.3, -0.25) is 0 Å². The van der Waals surface area contributed by atoms with E-state index in [0.717, 1.165) is 50.4 Å². The molecule has 3 rings (SSSR count). The van der Waals surface area contributed by atoms with Gasteiger partial charge in [0.2, 0.25) is 0 Å². The first-order valence-corrected chi connectivity index (χ1v) is 11.2. The molecule has 150 valence electrons. The third-order valence-electron chi connectivity index (χ3n) is 7.25. The minimum atomic E-state index is -2.93. The van der Waals surface area contributed by atoms with Gasteiger partial charge >= 0.3 is 6.11 Å². The van der Waals surface area contributed by atoms with E-state index >= 15 is 0 Å². The van der Waals surface area contributed by atoms with Crippen LogP contribution in [0.3, 0.4) is 0 Å². The summed E-state index contributed by atoms with van der Waals surface area (Å²) in [5.74, 6) is 2.18. The second kappa shape index (κ2) is 9.17. The molecule has 0 aromatic rings. The van der Waals surface area contributed by atoms with Crippen LogP contribution in [0.1, 0.15) is 90.9 Å². The van der Waals surface area contributed by atoms with E-state index in [1.165, 1.54) is 25.7 Å².